The van der Waals surface area contributed by atoms with Crippen LogP contribution in [0, 0.1) is 12.8 Å². The molecule has 124 valence electrons. The van der Waals surface area contributed by atoms with E-state index in [4.69, 9.17) is 4.18 Å². The fourth-order valence-corrected chi connectivity index (χ4v) is 3.43. The average Bonchev–Trinajstić information content (AvgIpc) is 2.52. The number of hydrogen-bond donors (Lipinski definition) is 0. The molecule has 0 aliphatic rings. The highest BCUT2D eigenvalue weighted by atomic mass is 32.2. The van der Waals surface area contributed by atoms with E-state index in [0.29, 0.717) is 12.3 Å². The van der Waals surface area contributed by atoms with Crippen LogP contribution in [-0.2, 0) is 14.3 Å². The zero-order valence-corrected chi connectivity index (χ0v) is 14.7. The number of benzene rings is 2. The predicted octanol–water partition coefficient (Wildman–Crippen LogP) is 4.88. The lowest BCUT2D eigenvalue weighted by Crippen LogP contribution is -2.13. The number of rotatable bonds is 7. The van der Waals surface area contributed by atoms with Gasteiger partial charge in [0.05, 0.1) is 4.90 Å². The van der Waals surface area contributed by atoms with Crippen LogP contribution in [0.15, 0.2) is 59.5 Å². The molecule has 0 heterocycles. The second-order valence-corrected chi connectivity index (χ2v) is 7.81. The van der Waals surface area contributed by atoms with E-state index in [2.05, 4.69) is 13.8 Å². The van der Waals surface area contributed by atoms with Gasteiger partial charge in [0.1, 0.15) is 6.10 Å². The number of aryl methyl sites for hydroxylation is 1. The summed E-state index contributed by atoms with van der Waals surface area (Å²) in [6, 6.07) is 16.3. The maximum atomic E-state index is 12.5. The van der Waals surface area contributed by atoms with Crippen molar-refractivity contribution in [3.63, 3.8) is 0 Å². The summed E-state index contributed by atoms with van der Waals surface area (Å²) >= 11 is 0. The first kappa shape index (κ1) is 17.7. The van der Waals surface area contributed by atoms with Crippen LogP contribution in [0.25, 0.3) is 0 Å². The Kier molecular flexibility index (Phi) is 5.97. The minimum Gasteiger partial charge on any atom is -0.258 e. The highest BCUT2D eigenvalue weighted by Crippen LogP contribution is 2.29. The summed E-state index contributed by atoms with van der Waals surface area (Å²) < 4.78 is 30.7. The molecular weight excluding hydrogens is 308 g/mol. The van der Waals surface area contributed by atoms with E-state index in [9.17, 15) is 8.42 Å². The van der Waals surface area contributed by atoms with E-state index in [1.54, 1.807) is 24.3 Å². The molecule has 2 aromatic carbocycles. The van der Waals surface area contributed by atoms with Gasteiger partial charge >= 0.3 is 0 Å². The highest BCUT2D eigenvalue weighted by Gasteiger charge is 2.23. The van der Waals surface area contributed by atoms with Crippen LogP contribution in [0.4, 0.5) is 0 Å². The highest BCUT2D eigenvalue weighted by molar-refractivity contribution is 7.86. The zero-order valence-electron chi connectivity index (χ0n) is 13.9. The predicted molar refractivity (Wildman–Crippen MR) is 92.7 cm³/mol. The van der Waals surface area contributed by atoms with E-state index in [0.717, 1.165) is 17.5 Å². The Morgan fingerprint density at radius 3 is 2.09 bits per heavy atom. The molecule has 2 aromatic rings. The van der Waals surface area contributed by atoms with Gasteiger partial charge in [0.25, 0.3) is 10.1 Å². The largest absolute Gasteiger partial charge is 0.297 e. The molecule has 0 saturated carbocycles. The van der Waals surface area contributed by atoms with E-state index in [1.165, 1.54) is 0 Å². The maximum absolute atomic E-state index is 12.5. The van der Waals surface area contributed by atoms with Gasteiger partial charge in [-0.15, -0.1) is 0 Å². The molecule has 0 fully saturated rings. The Morgan fingerprint density at radius 2 is 1.52 bits per heavy atom. The fourth-order valence-electron chi connectivity index (χ4n) is 2.34. The zero-order chi connectivity index (χ0) is 16.9. The minimum atomic E-state index is -3.77. The monoisotopic (exact) mass is 332 g/mol. The summed E-state index contributed by atoms with van der Waals surface area (Å²) in [5, 5.41) is 0. The van der Waals surface area contributed by atoms with Gasteiger partial charge in [-0.25, -0.2) is 0 Å². The van der Waals surface area contributed by atoms with Gasteiger partial charge in [0, 0.05) is 0 Å². The Hall–Kier alpha value is -1.65. The summed E-state index contributed by atoms with van der Waals surface area (Å²) in [6.07, 6.45) is 1.13. The second-order valence-electron chi connectivity index (χ2n) is 6.23. The molecule has 0 aromatic heterocycles. The van der Waals surface area contributed by atoms with Crippen molar-refractivity contribution in [1.82, 2.24) is 0 Å². The Morgan fingerprint density at radius 1 is 0.913 bits per heavy atom. The molecule has 4 heteroatoms. The molecule has 0 amide bonds. The van der Waals surface area contributed by atoms with Crippen molar-refractivity contribution < 1.29 is 12.6 Å². The first-order valence-electron chi connectivity index (χ1n) is 7.93. The normalized spacial score (nSPS) is 13.2. The number of hydrogen-bond acceptors (Lipinski definition) is 3. The summed E-state index contributed by atoms with van der Waals surface area (Å²) in [5.41, 5.74) is 1.91. The van der Waals surface area contributed by atoms with Crippen molar-refractivity contribution >= 4 is 10.1 Å². The van der Waals surface area contributed by atoms with Crippen LogP contribution < -0.4 is 0 Å². The van der Waals surface area contributed by atoms with Crippen LogP contribution in [0.3, 0.4) is 0 Å². The van der Waals surface area contributed by atoms with Crippen molar-refractivity contribution in [3.8, 4) is 0 Å². The van der Waals surface area contributed by atoms with Crippen molar-refractivity contribution in [2.24, 2.45) is 5.92 Å². The van der Waals surface area contributed by atoms with E-state index < -0.39 is 16.2 Å². The van der Waals surface area contributed by atoms with Gasteiger partial charge in [-0.3, -0.25) is 4.18 Å². The lowest BCUT2D eigenvalue weighted by atomic mass is 10.0. The van der Waals surface area contributed by atoms with Gasteiger partial charge in [0.15, 0.2) is 0 Å². The summed E-state index contributed by atoms with van der Waals surface area (Å²) in [6.45, 7) is 6.17. The second kappa shape index (κ2) is 7.75. The molecular formula is C19H24O3S. The van der Waals surface area contributed by atoms with Crippen molar-refractivity contribution in [3.05, 3.63) is 65.7 Å². The van der Waals surface area contributed by atoms with Gasteiger partial charge < -0.3 is 0 Å². The molecule has 0 spiro atoms. The van der Waals surface area contributed by atoms with Crippen molar-refractivity contribution in [2.75, 3.05) is 0 Å². The lowest BCUT2D eigenvalue weighted by molar-refractivity contribution is 0.193. The topological polar surface area (TPSA) is 43.4 Å². The molecule has 23 heavy (non-hydrogen) atoms. The van der Waals surface area contributed by atoms with Gasteiger partial charge in [-0.05, 0) is 43.4 Å². The van der Waals surface area contributed by atoms with Crippen LogP contribution in [0.1, 0.15) is 43.9 Å². The molecule has 2 rings (SSSR count). The molecule has 1 unspecified atom stereocenters. The van der Waals surface area contributed by atoms with E-state index >= 15 is 0 Å². The van der Waals surface area contributed by atoms with Crippen LogP contribution >= 0.6 is 0 Å². The summed E-state index contributed by atoms with van der Waals surface area (Å²) in [4.78, 5) is 0.202. The maximum Gasteiger partial charge on any atom is 0.297 e. The van der Waals surface area contributed by atoms with Crippen LogP contribution in [0.2, 0.25) is 0 Å². The van der Waals surface area contributed by atoms with Gasteiger partial charge in [-0.1, -0.05) is 61.9 Å². The first-order chi connectivity index (χ1) is 10.9. The molecule has 3 nitrogen and oxygen atoms in total. The SMILES string of the molecule is Cc1ccc(S(=O)(=O)OC(CCC(C)C)c2ccccc2)cc1. The Balaban J connectivity index is 2.24. The first-order valence-corrected chi connectivity index (χ1v) is 9.34. The van der Waals surface area contributed by atoms with E-state index in [1.807, 2.05) is 37.3 Å². The molecule has 1 atom stereocenters. The van der Waals surface area contributed by atoms with Crippen molar-refractivity contribution in [1.29, 1.82) is 0 Å². The summed E-state index contributed by atoms with van der Waals surface area (Å²) in [7, 11) is -3.77. The van der Waals surface area contributed by atoms with Crippen LogP contribution in [-0.4, -0.2) is 8.42 Å². The Bertz CT molecular complexity index is 704. The molecule has 0 saturated heterocycles. The average molecular weight is 332 g/mol. The molecule has 0 radical (unpaired) electrons. The van der Waals surface area contributed by atoms with Crippen LogP contribution in [0.5, 0.6) is 0 Å². The van der Waals surface area contributed by atoms with Gasteiger partial charge in [0.2, 0.25) is 0 Å². The smallest absolute Gasteiger partial charge is 0.258 e. The standard InChI is InChI=1S/C19H24O3S/c1-15(2)9-14-19(17-7-5-4-6-8-17)22-23(20,21)18-12-10-16(3)11-13-18/h4-8,10-13,15,19H,9,14H2,1-3H3. The quantitative estimate of drug-likeness (QED) is 0.679. The molecule has 0 aliphatic heterocycles. The fraction of sp³-hybridized carbons (Fsp3) is 0.368. The Labute approximate surface area is 139 Å². The van der Waals surface area contributed by atoms with E-state index in [-0.39, 0.29) is 4.90 Å². The third-order valence-corrected chi connectivity index (χ3v) is 5.07. The third kappa shape index (κ3) is 5.19. The third-order valence-electron chi connectivity index (χ3n) is 3.73. The minimum absolute atomic E-state index is 0.202. The van der Waals surface area contributed by atoms with Gasteiger partial charge in [-0.2, -0.15) is 8.42 Å². The lowest BCUT2D eigenvalue weighted by Gasteiger charge is -2.19. The van der Waals surface area contributed by atoms with Crippen molar-refractivity contribution in [2.45, 2.75) is 44.6 Å². The molecule has 0 aliphatic carbocycles. The summed E-state index contributed by atoms with van der Waals surface area (Å²) in [5.74, 6) is 0.492. The molecule has 0 N–H and O–H groups in total. The molecule has 0 bridgehead atoms.